The molecule has 2 nitrogen and oxygen atoms in total. The van der Waals surface area contributed by atoms with Crippen molar-refractivity contribution < 1.29 is 35.5 Å². The van der Waals surface area contributed by atoms with Crippen LogP contribution in [0.25, 0.3) is 22.3 Å². The molecule has 0 aliphatic heterocycles. The fourth-order valence-electron chi connectivity index (χ4n) is 3.49. The Morgan fingerprint density at radius 3 is 1.49 bits per heavy atom. The summed E-state index contributed by atoms with van der Waals surface area (Å²) in [5, 5.41) is 3.00. The summed E-state index contributed by atoms with van der Waals surface area (Å²) in [4.78, 5) is 0. The second-order valence-corrected chi connectivity index (χ2v) is 7.54. The van der Waals surface area contributed by atoms with Crippen molar-refractivity contribution in [2.45, 2.75) is 6.11 Å². The average Bonchev–Trinajstić information content (AvgIpc) is 2.81. The lowest BCUT2D eigenvalue weighted by Gasteiger charge is -2.20. The average molecular weight is 491 g/mol. The quantitative estimate of drug-likeness (QED) is 0.219. The summed E-state index contributed by atoms with van der Waals surface area (Å²) in [5.41, 5.74) is 1.23. The molecule has 4 aromatic carbocycles. The Kier molecular flexibility index (Phi) is 6.43. The molecule has 35 heavy (non-hydrogen) atoms. The topological polar surface area (TPSA) is 21.3 Å². The van der Waals surface area contributed by atoms with E-state index in [1.165, 1.54) is 0 Å². The molecule has 0 aliphatic rings. The molecule has 0 heterocycles. The van der Waals surface area contributed by atoms with Crippen LogP contribution in [-0.2, 0) is 6.11 Å². The van der Waals surface area contributed by atoms with E-state index in [0.717, 1.165) is 16.8 Å². The Morgan fingerprint density at radius 2 is 1.03 bits per heavy atom. The fraction of sp³-hybridized carbons (Fsp3) is 0.0769. The molecule has 0 radical (unpaired) electrons. The summed E-state index contributed by atoms with van der Waals surface area (Å²) in [6.07, 6.45) is -4.65. The Labute approximate surface area is 195 Å². The number of benzene rings is 4. The van der Waals surface area contributed by atoms with E-state index < -0.39 is 46.5 Å². The predicted molar refractivity (Wildman–Crippen MR) is 118 cm³/mol. The van der Waals surface area contributed by atoms with Gasteiger partial charge in [0.15, 0.2) is 17.5 Å². The van der Waals surface area contributed by atoms with Crippen LogP contribution in [0.3, 0.4) is 0 Å². The molecule has 4 rings (SSSR count). The number of hydrogen-bond acceptors (Lipinski definition) is 2. The normalized spacial score (nSPS) is 11.4. The van der Waals surface area contributed by atoms with Crippen molar-refractivity contribution in [3.8, 4) is 28.0 Å². The van der Waals surface area contributed by atoms with Crippen molar-refractivity contribution in [2.24, 2.45) is 0 Å². The Morgan fingerprint density at radius 1 is 0.600 bits per heavy atom. The van der Waals surface area contributed by atoms with E-state index in [0.29, 0.717) is 17.7 Å². The molecule has 4 aromatic rings. The second-order valence-electron chi connectivity index (χ2n) is 7.54. The van der Waals surface area contributed by atoms with Gasteiger partial charge in [-0.1, -0.05) is 36.4 Å². The molecule has 1 N–H and O–H groups in total. The number of anilines is 1. The minimum absolute atomic E-state index is 0.0181. The Bertz CT molecular complexity index is 1320. The molecule has 0 unspecified atom stereocenters. The molecule has 0 bridgehead atoms. The maximum absolute atomic E-state index is 14.6. The maximum Gasteiger partial charge on any atom is 0.432 e. The molecule has 0 amide bonds. The zero-order valence-corrected chi connectivity index (χ0v) is 18.0. The van der Waals surface area contributed by atoms with Crippen molar-refractivity contribution in [1.82, 2.24) is 0 Å². The van der Waals surface area contributed by atoms with Gasteiger partial charge in [-0.25, -0.2) is 22.0 Å². The lowest BCUT2D eigenvalue weighted by Crippen LogP contribution is -2.25. The van der Waals surface area contributed by atoms with Crippen molar-refractivity contribution >= 4 is 5.69 Å². The minimum Gasteiger partial charge on any atom is -0.429 e. The van der Waals surface area contributed by atoms with E-state index in [1.54, 1.807) is 31.3 Å². The monoisotopic (exact) mass is 491 g/mol. The third-order valence-electron chi connectivity index (χ3n) is 5.26. The molecule has 0 aromatic heterocycles. The predicted octanol–water partition coefficient (Wildman–Crippen LogP) is 7.89. The molecule has 0 aliphatic carbocycles. The Hall–Kier alpha value is -4.01. The third-order valence-corrected chi connectivity index (χ3v) is 5.26. The zero-order valence-electron chi connectivity index (χ0n) is 18.0. The largest absolute Gasteiger partial charge is 0.432 e. The second kappa shape index (κ2) is 9.32. The molecule has 0 atom stereocenters. The van der Waals surface area contributed by atoms with Crippen LogP contribution in [0, 0.1) is 29.1 Å². The van der Waals surface area contributed by atoms with Crippen LogP contribution in [0.4, 0.5) is 36.4 Å². The van der Waals surface area contributed by atoms with Gasteiger partial charge in [0.25, 0.3) is 0 Å². The standard InChI is InChI=1S/C26H16F7NO/c1-34-18-8-6-15(7-9-18)14-2-4-16(5-3-14)17-10-20(27)24(21(28)11-17)26(32,33)35-19-12-22(29)25(31)23(30)13-19/h2-13,34H,1H3. The lowest BCUT2D eigenvalue weighted by molar-refractivity contribution is -0.189. The van der Waals surface area contributed by atoms with Gasteiger partial charge < -0.3 is 10.1 Å². The van der Waals surface area contributed by atoms with Crippen molar-refractivity contribution in [3.63, 3.8) is 0 Å². The highest BCUT2D eigenvalue weighted by molar-refractivity contribution is 5.71. The number of rotatable bonds is 6. The highest BCUT2D eigenvalue weighted by Crippen LogP contribution is 2.38. The van der Waals surface area contributed by atoms with E-state index in [4.69, 9.17) is 0 Å². The Balaban J connectivity index is 1.61. The smallest absolute Gasteiger partial charge is 0.429 e. The molecule has 0 saturated carbocycles. The number of alkyl halides is 2. The summed E-state index contributed by atoms with van der Waals surface area (Å²) in [6.45, 7) is 0. The van der Waals surface area contributed by atoms with E-state index >= 15 is 0 Å². The van der Waals surface area contributed by atoms with Crippen LogP contribution >= 0.6 is 0 Å². The highest BCUT2D eigenvalue weighted by Gasteiger charge is 2.41. The van der Waals surface area contributed by atoms with Gasteiger partial charge in [0.05, 0.1) is 0 Å². The van der Waals surface area contributed by atoms with Crippen LogP contribution < -0.4 is 10.1 Å². The summed E-state index contributed by atoms with van der Waals surface area (Å²) in [6, 6.07) is 15.8. The first-order valence-electron chi connectivity index (χ1n) is 10.2. The lowest BCUT2D eigenvalue weighted by atomic mass is 9.98. The first-order chi connectivity index (χ1) is 16.6. The van der Waals surface area contributed by atoms with Gasteiger partial charge in [0.2, 0.25) is 0 Å². The van der Waals surface area contributed by atoms with Gasteiger partial charge in [-0.3, -0.25) is 0 Å². The van der Waals surface area contributed by atoms with Gasteiger partial charge in [-0.2, -0.15) is 8.78 Å². The van der Waals surface area contributed by atoms with E-state index in [2.05, 4.69) is 10.1 Å². The number of hydrogen-bond donors (Lipinski definition) is 1. The molecular formula is C26H16F7NO. The van der Waals surface area contributed by atoms with Gasteiger partial charge in [-0.05, 0) is 46.5 Å². The highest BCUT2D eigenvalue weighted by atomic mass is 19.3. The molecular weight excluding hydrogens is 475 g/mol. The minimum atomic E-state index is -4.65. The van der Waals surface area contributed by atoms with Crippen molar-refractivity contribution in [2.75, 3.05) is 12.4 Å². The molecule has 0 saturated heterocycles. The van der Waals surface area contributed by atoms with Gasteiger partial charge in [0.1, 0.15) is 22.9 Å². The zero-order chi connectivity index (χ0) is 25.3. The van der Waals surface area contributed by atoms with Crippen LogP contribution in [0.15, 0.2) is 72.8 Å². The van der Waals surface area contributed by atoms with Crippen LogP contribution in [-0.4, -0.2) is 7.05 Å². The summed E-state index contributed by atoms with van der Waals surface area (Å²) >= 11 is 0. The number of nitrogens with one attached hydrogen (secondary N) is 1. The van der Waals surface area contributed by atoms with Crippen LogP contribution in [0.1, 0.15) is 5.56 Å². The van der Waals surface area contributed by atoms with Gasteiger partial charge in [0, 0.05) is 24.9 Å². The molecule has 180 valence electrons. The summed E-state index contributed by atoms with van der Waals surface area (Å²) in [7, 11) is 1.79. The number of halogens is 7. The first-order valence-corrected chi connectivity index (χ1v) is 10.2. The summed E-state index contributed by atoms with van der Waals surface area (Å²) in [5.74, 6) is -9.92. The van der Waals surface area contributed by atoms with E-state index in [-0.39, 0.29) is 17.7 Å². The third kappa shape index (κ3) is 4.94. The maximum atomic E-state index is 14.6. The first kappa shape index (κ1) is 24.1. The molecule has 0 fully saturated rings. The summed E-state index contributed by atoms with van der Waals surface area (Å²) < 4.78 is 102. The van der Waals surface area contributed by atoms with Gasteiger partial charge >= 0.3 is 6.11 Å². The van der Waals surface area contributed by atoms with Crippen LogP contribution in [0.5, 0.6) is 5.75 Å². The van der Waals surface area contributed by atoms with E-state index in [1.807, 2.05) is 24.3 Å². The van der Waals surface area contributed by atoms with Gasteiger partial charge in [-0.15, -0.1) is 0 Å². The molecule has 0 spiro atoms. The van der Waals surface area contributed by atoms with Crippen molar-refractivity contribution in [3.05, 3.63) is 107 Å². The SMILES string of the molecule is CNc1ccc(-c2ccc(-c3cc(F)c(C(F)(F)Oc4cc(F)c(F)c(F)c4)c(F)c3)cc2)cc1. The molecule has 9 heteroatoms. The van der Waals surface area contributed by atoms with Crippen molar-refractivity contribution in [1.29, 1.82) is 0 Å². The number of ether oxygens (including phenoxy) is 1. The van der Waals surface area contributed by atoms with E-state index in [9.17, 15) is 30.7 Å². The van der Waals surface area contributed by atoms with Crippen LogP contribution in [0.2, 0.25) is 0 Å². The fourth-order valence-corrected chi connectivity index (χ4v) is 3.49.